The average Bonchev–Trinajstić information content (AvgIpc) is 3.40. The lowest BCUT2D eigenvalue weighted by atomic mass is 10.0. The van der Waals surface area contributed by atoms with E-state index in [0.717, 1.165) is 45.3 Å². The van der Waals surface area contributed by atoms with Crippen molar-refractivity contribution in [2.24, 2.45) is 5.92 Å². The second-order valence-electron chi connectivity index (χ2n) is 7.85. The van der Waals surface area contributed by atoms with Gasteiger partial charge >= 0.3 is 0 Å². The Hall–Kier alpha value is -2.15. The van der Waals surface area contributed by atoms with Crippen LogP contribution in [0.25, 0.3) is 0 Å². The molecule has 1 saturated carbocycles. The molecule has 0 atom stereocenters. The molecule has 1 saturated heterocycles. The molecule has 0 unspecified atom stereocenters. The molecular weight excluding hydrogens is 332 g/mol. The Morgan fingerprint density at radius 2 is 1.92 bits per heavy atom. The minimum atomic E-state index is -0.413. The van der Waals surface area contributed by atoms with E-state index in [2.05, 4.69) is 29.4 Å². The van der Waals surface area contributed by atoms with Crippen LogP contribution >= 0.6 is 0 Å². The Balaban J connectivity index is 1.63. The van der Waals surface area contributed by atoms with Crippen LogP contribution in [0.5, 0.6) is 0 Å². The lowest BCUT2D eigenvalue weighted by molar-refractivity contribution is -0.384. The number of hydrogen-bond acceptors (Lipinski definition) is 5. The molecule has 1 aliphatic carbocycles. The number of hydrogen-bond donors (Lipinski definition) is 2. The first-order chi connectivity index (χ1) is 12.4. The molecule has 1 aromatic rings. The van der Waals surface area contributed by atoms with Crippen molar-refractivity contribution in [2.75, 3.05) is 25.0 Å². The van der Waals surface area contributed by atoms with Crippen molar-refractivity contribution >= 4 is 17.3 Å². The predicted octanol–water partition coefficient (Wildman–Crippen LogP) is 3.02. The SMILES string of the molecule is CC(C)CN1CCC(Nc2ccc(C(=O)NC3CC3)cc2[N+](=O)[O-])CC1. The van der Waals surface area contributed by atoms with Crippen molar-refractivity contribution in [2.45, 2.75) is 51.6 Å². The van der Waals surface area contributed by atoms with E-state index in [-0.39, 0.29) is 23.7 Å². The van der Waals surface area contributed by atoms with Gasteiger partial charge in [0.05, 0.1) is 4.92 Å². The third-order valence-electron chi connectivity index (χ3n) is 4.94. The van der Waals surface area contributed by atoms with Crippen LogP contribution in [0.4, 0.5) is 11.4 Å². The molecule has 142 valence electrons. The zero-order valence-electron chi connectivity index (χ0n) is 15.5. The number of carbonyl (C=O) groups is 1. The number of piperidine rings is 1. The second-order valence-corrected chi connectivity index (χ2v) is 7.85. The van der Waals surface area contributed by atoms with Gasteiger partial charge in [-0.05, 0) is 43.7 Å². The molecule has 0 bridgehead atoms. The Bertz CT molecular complexity index is 665. The highest BCUT2D eigenvalue weighted by atomic mass is 16.6. The van der Waals surface area contributed by atoms with Gasteiger partial charge in [-0.3, -0.25) is 14.9 Å². The Labute approximate surface area is 154 Å². The molecule has 1 heterocycles. The molecule has 0 aromatic heterocycles. The van der Waals surface area contributed by atoms with Crippen molar-refractivity contribution in [3.63, 3.8) is 0 Å². The normalized spacial score (nSPS) is 18.7. The summed E-state index contributed by atoms with van der Waals surface area (Å²) in [4.78, 5) is 25.6. The maximum Gasteiger partial charge on any atom is 0.293 e. The Morgan fingerprint density at radius 1 is 1.23 bits per heavy atom. The maximum absolute atomic E-state index is 12.1. The van der Waals surface area contributed by atoms with E-state index >= 15 is 0 Å². The maximum atomic E-state index is 12.1. The molecule has 7 nitrogen and oxygen atoms in total. The van der Waals surface area contributed by atoms with Crippen molar-refractivity contribution in [3.05, 3.63) is 33.9 Å². The van der Waals surface area contributed by atoms with Gasteiger partial charge in [0.25, 0.3) is 11.6 Å². The highest BCUT2D eigenvalue weighted by Crippen LogP contribution is 2.28. The third-order valence-corrected chi connectivity index (χ3v) is 4.94. The fraction of sp³-hybridized carbons (Fsp3) is 0.632. The molecule has 1 amide bonds. The van der Waals surface area contributed by atoms with Crippen LogP contribution < -0.4 is 10.6 Å². The summed E-state index contributed by atoms with van der Waals surface area (Å²) in [6.07, 6.45) is 3.91. The summed E-state index contributed by atoms with van der Waals surface area (Å²) in [5, 5.41) is 17.7. The van der Waals surface area contributed by atoms with Crippen LogP contribution in [-0.4, -0.2) is 47.4 Å². The van der Waals surface area contributed by atoms with Gasteiger partial charge in [-0.2, -0.15) is 0 Å². The number of likely N-dealkylation sites (tertiary alicyclic amines) is 1. The second kappa shape index (κ2) is 8.03. The fourth-order valence-electron chi connectivity index (χ4n) is 3.44. The van der Waals surface area contributed by atoms with Crippen LogP contribution in [0.3, 0.4) is 0 Å². The van der Waals surface area contributed by atoms with E-state index in [9.17, 15) is 14.9 Å². The van der Waals surface area contributed by atoms with Crippen LogP contribution in [0.15, 0.2) is 18.2 Å². The molecule has 7 heteroatoms. The summed E-state index contributed by atoms with van der Waals surface area (Å²) in [5.41, 5.74) is 0.819. The molecular formula is C19H28N4O3. The van der Waals surface area contributed by atoms with Gasteiger partial charge < -0.3 is 15.5 Å². The van der Waals surface area contributed by atoms with Crippen LogP contribution in [0.1, 0.15) is 49.9 Å². The molecule has 2 aliphatic rings. The Morgan fingerprint density at radius 3 is 2.50 bits per heavy atom. The first-order valence-electron chi connectivity index (χ1n) is 9.50. The van der Waals surface area contributed by atoms with E-state index < -0.39 is 4.92 Å². The van der Waals surface area contributed by atoms with E-state index in [1.165, 1.54) is 6.07 Å². The standard InChI is InChI=1S/C19H28N4O3/c1-13(2)12-22-9-7-16(8-10-22)20-17-6-3-14(11-18(17)23(25)26)19(24)21-15-4-5-15/h3,6,11,13,15-16,20H,4-5,7-10,12H2,1-2H3,(H,21,24). The fourth-order valence-corrected chi connectivity index (χ4v) is 3.44. The quantitative estimate of drug-likeness (QED) is 0.576. The smallest absolute Gasteiger partial charge is 0.293 e. The van der Waals surface area contributed by atoms with Gasteiger partial charge in [0.2, 0.25) is 0 Å². The number of nitrogens with zero attached hydrogens (tertiary/aromatic N) is 2. The summed E-state index contributed by atoms with van der Waals surface area (Å²) >= 11 is 0. The molecule has 3 rings (SSSR count). The molecule has 2 fully saturated rings. The predicted molar refractivity (Wildman–Crippen MR) is 102 cm³/mol. The summed E-state index contributed by atoms with van der Waals surface area (Å²) in [7, 11) is 0. The van der Waals surface area contributed by atoms with Gasteiger partial charge in [-0.25, -0.2) is 0 Å². The molecule has 1 aliphatic heterocycles. The number of nitro groups is 1. The summed E-state index contributed by atoms with van der Waals surface area (Å²) in [6, 6.07) is 5.17. The molecule has 1 aromatic carbocycles. The van der Waals surface area contributed by atoms with E-state index in [1.54, 1.807) is 12.1 Å². The molecule has 0 radical (unpaired) electrons. The topological polar surface area (TPSA) is 87.5 Å². The van der Waals surface area contributed by atoms with Crippen molar-refractivity contribution < 1.29 is 9.72 Å². The van der Waals surface area contributed by atoms with E-state index in [1.807, 2.05) is 0 Å². The number of rotatable bonds is 7. The minimum Gasteiger partial charge on any atom is -0.377 e. The third kappa shape index (κ3) is 4.94. The molecule has 26 heavy (non-hydrogen) atoms. The summed E-state index contributed by atoms with van der Waals surface area (Å²) < 4.78 is 0. The number of carbonyl (C=O) groups excluding carboxylic acids is 1. The van der Waals surface area contributed by atoms with E-state index in [0.29, 0.717) is 17.2 Å². The number of anilines is 1. The lowest BCUT2D eigenvalue weighted by Gasteiger charge is -2.33. The average molecular weight is 360 g/mol. The lowest BCUT2D eigenvalue weighted by Crippen LogP contribution is -2.40. The number of amides is 1. The van der Waals surface area contributed by atoms with Gasteiger partial charge in [0.1, 0.15) is 5.69 Å². The van der Waals surface area contributed by atoms with Gasteiger partial charge in [0.15, 0.2) is 0 Å². The largest absolute Gasteiger partial charge is 0.377 e. The van der Waals surface area contributed by atoms with E-state index in [4.69, 9.17) is 0 Å². The first kappa shape index (κ1) is 18.6. The number of nitro benzene ring substituents is 1. The monoisotopic (exact) mass is 360 g/mol. The van der Waals surface area contributed by atoms with Crippen LogP contribution in [0, 0.1) is 16.0 Å². The highest BCUT2D eigenvalue weighted by Gasteiger charge is 2.26. The number of nitrogens with one attached hydrogen (secondary N) is 2. The summed E-state index contributed by atoms with van der Waals surface area (Å²) in [5.74, 6) is 0.416. The highest BCUT2D eigenvalue weighted by molar-refractivity contribution is 5.96. The van der Waals surface area contributed by atoms with Gasteiger partial charge in [-0.1, -0.05) is 13.8 Å². The van der Waals surface area contributed by atoms with Crippen LogP contribution in [-0.2, 0) is 0 Å². The first-order valence-corrected chi connectivity index (χ1v) is 9.50. The van der Waals surface area contributed by atoms with Crippen molar-refractivity contribution in [1.29, 1.82) is 0 Å². The Kier molecular flexibility index (Phi) is 5.76. The number of benzene rings is 1. The zero-order valence-corrected chi connectivity index (χ0v) is 15.5. The molecule has 2 N–H and O–H groups in total. The molecule has 0 spiro atoms. The van der Waals surface area contributed by atoms with Gasteiger partial charge in [0, 0.05) is 43.3 Å². The zero-order chi connectivity index (χ0) is 18.7. The van der Waals surface area contributed by atoms with Gasteiger partial charge in [-0.15, -0.1) is 0 Å². The minimum absolute atomic E-state index is 0.0296. The van der Waals surface area contributed by atoms with Crippen molar-refractivity contribution in [1.82, 2.24) is 10.2 Å². The van der Waals surface area contributed by atoms with Crippen LogP contribution in [0.2, 0.25) is 0 Å². The van der Waals surface area contributed by atoms with Crippen molar-refractivity contribution in [3.8, 4) is 0 Å². The summed E-state index contributed by atoms with van der Waals surface area (Å²) in [6.45, 7) is 7.54.